The molecule has 1 aromatic rings. The lowest BCUT2D eigenvalue weighted by Crippen LogP contribution is -2.41. The van der Waals surface area contributed by atoms with Gasteiger partial charge in [0.05, 0.1) is 12.8 Å². The maximum atomic E-state index is 12.8. The van der Waals surface area contributed by atoms with E-state index in [-0.39, 0.29) is 12.5 Å². The number of nitrogens with zero attached hydrogens (tertiary/aromatic N) is 2. The summed E-state index contributed by atoms with van der Waals surface area (Å²) in [6.07, 6.45) is 9.48. The maximum Gasteiger partial charge on any atom is 0.256 e. The van der Waals surface area contributed by atoms with Gasteiger partial charge in [0.2, 0.25) is 0 Å². The molecule has 5 atom stereocenters. The van der Waals surface area contributed by atoms with Gasteiger partial charge in [0.15, 0.2) is 0 Å². The van der Waals surface area contributed by atoms with Crippen molar-refractivity contribution in [3.05, 3.63) is 11.8 Å². The van der Waals surface area contributed by atoms with Gasteiger partial charge in [0.25, 0.3) is 5.91 Å². The van der Waals surface area contributed by atoms with E-state index in [1.807, 2.05) is 7.05 Å². The predicted molar refractivity (Wildman–Crippen MR) is 91.7 cm³/mol. The Labute approximate surface area is 143 Å². The number of hydrogen-bond acceptors (Lipinski definition) is 4. The summed E-state index contributed by atoms with van der Waals surface area (Å²) < 4.78 is 1.66. The summed E-state index contributed by atoms with van der Waals surface area (Å²) in [6.45, 7) is 0.443. The van der Waals surface area contributed by atoms with E-state index in [9.17, 15) is 4.79 Å². The van der Waals surface area contributed by atoms with Gasteiger partial charge < -0.3 is 15.7 Å². The molecule has 132 valence electrons. The average molecular weight is 332 g/mol. The number of anilines is 1. The normalized spacial score (nSPS) is 34.2. The largest absolute Gasteiger partial charge is 0.395 e. The van der Waals surface area contributed by atoms with E-state index in [0.29, 0.717) is 29.9 Å². The second kappa shape index (κ2) is 6.39. The Morgan fingerprint density at radius 2 is 2.12 bits per heavy atom. The molecule has 3 aliphatic rings. The second-order valence-corrected chi connectivity index (χ2v) is 7.94. The van der Waals surface area contributed by atoms with Crippen LogP contribution in [0.1, 0.15) is 48.9 Å². The Morgan fingerprint density at radius 1 is 1.29 bits per heavy atom. The van der Waals surface area contributed by atoms with E-state index < -0.39 is 0 Å². The van der Waals surface area contributed by atoms with Crippen LogP contribution in [0, 0.1) is 23.7 Å². The van der Waals surface area contributed by atoms with Gasteiger partial charge in [0, 0.05) is 19.6 Å². The number of aromatic nitrogens is 2. The minimum atomic E-state index is -0.0326. The fraction of sp³-hybridized carbons (Fsp3) is 0.778. The van der Waals surface area contributed by atoms with Gasteiger partial charge in [-0.2, -0.15) is 5.10 Å². The van der Waals surface area contributed by atoms with Crippen molar-refractivity contribution in [2.24, 2.45) is 30.7 Å². The Bertz CT molecular complexity index is 614. The summed E-state index contributed by atoms with van der Waals surface area (Å²) in [5.74, 6) is 3.93. The number of carbonyl (C=O) groups excluding carboxylic acids is 1. The third-order valence-electron chi connectivity index (χ3n) is 6.46. The predicted octanol–water partition coefficient (Wildman–Crippen LogP) is 1.77. The number of aliphatic hydroxyl groups excluding tert-OH is 1. The Hall–Kier alpha value is -1.56. The minimum Gasteiger partial charge on any atom is -0.395 e. The van der Waals surface area contributed by atoms with Crippen molar-refractivity contribution in [1.29, 1.82) is 0 Å². The van der Waals surface area contributed by atoms with Crippen molar-refractivity contribution in [3.8, 4) is 0 Å². The van der Waals surface area contributed by atoms with Crippen LogP contribution in [0.5, 0.6) is 0 Å². The Kier molecular flexibility index (Phi) is 4.24. The molecule has 1 aromatic heterocycles. The zero-order valence-electron chi connectivity index (χ0n) is 14.4. The van der Waals surface area contributed by atoms with E-state index in [4.69, 9.17) is 5.11 Å². The monoisotopic (exact) mass is 332 g/mol. The average Bonchev–Trinajstić information content (AvgIpc) is 3.05. The molecule has 6 heteroatoms. The van der Waals surface area contributed by atoms with Crippen LogP contribution < -0.4 is 10.6 Å². The highest BCUT2D eigenvalue weighted by Crippen LogP contribution is 2.53. The number of fused-ring (bicyclic) bond motifs is 2. The van der Waals surface area contributed by atoms with Crippen molar-refractivity contribution in [3.63, 3.8) is 0 Å². The number of hydrogen-bond donors (Lipinski definition) is 3. The summed E-state index contributed by atoms with van der Waals surface area (Å²) >= 11 is 0. The van der Waals surface area contributed by atoms with Crippen LogP contribution in [0.3, 0.4) is 0 Å². The molecule has 0 aliphatic heterocycles. The first kappa shape index (κ1) is 15.9. The van der Waals surface area contributed by atoms with Gasteiger partial charge in [-0.05, 0) is 62.2 Å². The van der Waals surface area contributed by atoms with Crippen LogP contribution in [0.2, 0.25) is 0 Å². The fourth-order valence-electron chi connectivity index (χ4n) is 5.51. The van der Waals surface area contributed by atoms with E-state index in [0.717, 1.165) is 24.2 Å². The molecule has 3 aliphatic carbocycles. The molecule has 0 radical (unpaired) electrons. The highest BCUT2D eigenvalue weighted by Gasteiger charge is 2.46. The van der Waals surface area contributed by atoms with Crippen LogP contribution in [0.4, 0.5) is 5.82 Å². The first-order valence-electron chi connectivity index (χ1n) is 9.33. The van der Waals surface area contributed by atoms with Crippen LogP contribution in [-0.2, 0) is 7.05 Å². The van der Waals surface area contributed by atoms with Gasteiger partial charge in [0.1, 0.15) is 11.4 Å². The molecule has 3 bridgehead atoms. The highest BCUT2D eigenvalue weighted by atomic mass is 16.3. The summed E-state index contributed by atoms with van der Waals surface area (Å²) in [7, 11) is 1.81. The molecule has 0 spiro atoms. The molecule has 1 heterocycles. The molecule has 1 amide bonds. The third kappa shape index (κ3) is 2.81. The van der Waals surface area contributed by atoms with E-state index in [1.165, 1.54) is 32.1 Å². The molecule has 24 heavy (non-hydrogen) atoms. The first-order valence-corrected chi connectivity index (χ1v) is 9.33. The van der Waals surface area contributed by atoms with Crippen molar-refractivity contribution < 1.29 is 9.90 Å². The lowest BCUT2D eigenvalue weighted by molar-refractivity contribution is 0.0913. The molecular weight excluding hydrogens is 304 g/mol. The van der Waals surface area contributed by atoms with Gasteiger partial charge in [-0.25, -0.2) is 0 Å². The summed E-state index contributed by atoms with van der Waals surface area (Å²) in [6, 6.07) is 0.309. The SMILES string of the molecule is Cn1ncc(C(=O)NC2CCC3CC4CC(C3)C2C4)c1NCCO. The van der Waals surface area contributed by atoms with E-state index in [2.05, 4.69) is 15.7 Å². The standard InChI is InChI=1S/C18H28N4O2/c1-22-17(19-4-5-23)15(10-20-22)18(24)21-16-3-2-11-6-12-8-13(7-11)14(16)9-12/h10-14,16,19,23H,2-9H2,1H3,(H,21,24). The zero-order valence-corrected chi connectivity index (χ0v) is 14.4. The van der Waals surface area contributed by atoms with Crippen LogP contribution in [0.25, 0.3) is 0 Å². The molecule has 3 saturated carbocycles. The van der Waals surface area contributed by atoms with Crippen molar-refractivity contribution >= 4 is 11.7 Å². The number of aryl methyl sites for hydroxylation is 1. The summed E-state index contributed by atoms with van der Waals surface area (Å²) in [5.41, 5.74) is 0.579. The quantitative estimate of drug-likeness (QED) is 0.768. The minimum absolute atomic E-state index is 0.0292. The third-order valence-corrected chi connectivity index (χ3v) is 6.46. The van der Waals surface area contributed by atoms with Crippen molar-refractivity contribution in [1.82, 2.24) is 15.1 Å². The fourth-order valence-corrected chi connectivity index (χ4v) is 5.51. The molecular formula is C18H28N4O2. The van der Waals surface area contributed by atoms with E-state index in [1.54, 1.807) is 10.9 Å². The lowest BCUT2D eigenvalue weighted by atomic mass is 9.80. The molecule has 6 nitrogen and oxygen atoms in total. The summed E-state index contributed by atoms with van der Waals surface area (Å²) in [4.78, 5) is 12.8. The number of nitrogens with one attached hydrogen (secondary N) is 2. The lowest BCUT2D eigenvalue weighted by Gasteiger charge is -2.27. The topological polar surface area (TPSA) is 79.2 Å². The van der Waals surface area contributed by atoms with Crippen LogP contribution in [0.15, 0.2) is 6.20 Å². The molecule has 0 aromatic carbocycles. The molecule has 0 saturated heterocycles. The smallest absolute Gasteiger partial charge is 0.256 e. The van der Waals surface area contributed by atoms with Crippen molar-refractivity contribution in [2.75, 3.05) is 18.5 Å². The summed E-state index contributed by atoms with van der Waals surface area (Å²) in [5, 5.41) is 19.6. The molecule has 5 unspecified atom stereocenters. The Balaban J connectivity index is 1.48. The van der Waals surface area contributed by atoms with Crippen LogP contribution >= 0.6 is 0 Å². The van der Waals surface area contributed by atoms with Crippen molar-refractivity contribution in [2.45, 2.75) is 44.6 Å². The Morgan fingerprint density at radius 3 is 2.96 bits per heavy atom. The second-order valence-electron chi connectivity index (χ2n) is 7.94. The van der Waals surface area contributed by atoms with E-state index >= 15 is 0 Å². The van der Waals surface area contributed by atoms with Gasteiger partial charge in [-0.1, -0.05) is 0 Å². The number of aliphatic hydroxyl groups is 1. The van der Waals surface area contributed by atoms with Gasteiger partial charge in [-0.15, -0.1) is 0 Å². The number of carbonyl (C=O) groups is 1. The van der Waals surface area contributed by atoms with Crippen LogP contribution in [-0.4, -0.2) is 40.0 Å². The highest BCUT2D eigenvalue weighted by molar-refractivity contribution is 5.98. The maximum absolute atomic E-state index is 12.8. The zero-order chi connectivity index (χ0) is 16.7. The molecule has 3 N–H and O–H groups in total. The number of rotatable bonds is 5. The molecule has 4 rings (SSSR count). The first-order chi connectivity index (χ1) is 11.7. The van der Waals surface area contributed by atoms with Gasteiger partial charge >= 0.3 is 0 Å². The number of amides is 1. The molecule has 3 fully saturated rings. The van der Waals surface area contributed by atoms with Gasteiger partial charge in [-0.3, -0.25) is 9.48 Å².